The number of carbonyl (C=O) groups excluding carboxylic acids is 1. The number of ether oxygens (including phenoxy) is 1. The Labute approximate surface area is 157 Å². The number of hydroxylamine groups is 1. The minimum absolute atomic E-state index is 0.0432. The predicted octanol–water partition coefficient (Wildman–Crippen LogP) is 5.33. The summed E-state index contributed by atoms with van der Waals surface area (Å²) in [6.45, 7) is 1.30. The Morgan fingerprint density at radius 3 is 2.00 bits per heavy atom. The van der Waals surface area contributed by atoms with Crippen LogP contribution in [0, 0.1) is 12.7 Å². The van der Waals surface area contributed by atoms with E-state index < -0.39 is 41.1 Å². The van der Waals surface area contributed by atoms with Gasteiger partial charge < -0.3 is 4.74 Å². The van der Waals surface area contributed by atoms with Crippen LogP contribution in [0.5, 0.6) is 11.5 Å². The van der Waals surface area contributed by atoms with Crippen LogP contribution in [0.25, 0.3) is 0 Å². The smallest absolute Gasteiger partial charge is 0.454 e. The summed E-state index contributed by atoms with van der Waals surface area (Å²) in [6, 6.07) is 3.70. The number of hydrogen-bond acceptors (Lipinski definition) is 3. The van der Waals surface area contributed by atoms with Gasteiger partial charge in [0.25, 0.3) is 5.91 Å². The van der Waals surface area contributed by atoms with Crippen LogP contribution in [0.1, 0.15) is 21.5 Å². The summed E-state index contributed by atoms with van der Waals surface area (Å²) in [5.74, 6) is -14.8. The number of rotatable bonds is 5. The van der Waals surface area contributed by atoms with E-state index in [0.717, 1.165) is 6.07 Å². The molecule has 0 unspecified atom stereocenters. The molecule has 0 heterocycles. The molecule has 2 rings (SSSR count). The standard InChI is InChI=1S/C17H11F8NO3/c1-8-6-9(14(27)26-28)7-12(18)13(8)29-11-4-2-10(3-5-11)15(19,20)16(21,22)17(23,24)25/h2-7,28H,1H3,(H,26,27). The zero-order valence-corrected chi connectivity index (χ0v) is 14.3. The minimum Gasteiger partial charge on any atom is -0.454 e. The molecule has 2 N–H and O–H groups in total. The summed E-state index contributed by atoms with van der Waals surface area (Å²) >= 11 is 0. The van der Waals surface area contributed by atoms with Crippen molar-refractivity contribution in [3.63, 3.8) is 0 Å². The lowest BCUT2D eigenvalue weighted by atomic mass is 10.0. The van der Waals surface area contributed by atoms with Crippen LogP contribution >= 0.6 is 0 Å². The van der Waals surface area contributed by atoms with Crippen molar-refractivity contribution in [1.82, 2.24) is 5.48 Å². The number of alkyl halides is 7. The van der Waals surface area contributed by atoms with Gasteiger partial charge in [-0.2, -0.15) is 30.7 Å². The van der Waals surface area contributed by atoms with Gasteiger partial charge in [-0.1, -0.05) is 0 Å². The van der Waals surface area contributed by atoms with Gasteiger partial charge in [-0.25, -0.2) is 9.87 Å². The van der Waals surface area contributed by atoms with Gasteiger partial charge in [0.2, 0.25) is 0 Å². The molecule has 0 spiro atoms. The summed E-state index contributed by atoms with van der Waals surface area (Å²) in [5, 5.41) is 8.54. The lowest BCUT2D eigenvalue weighted by Gasteiger charge is -2.28. The van der Waals surface area contributed by atoms with Gasteiger partial charge >= 0.3 is 18.0 Å². The zero-order valence-electron chi connectivity index (χ0n) is 14.3. The van der Waals surface area contributed by atoms with E-state index in [2.05, 4.69) is 0 Å². The van der Waals surface area contributed by atoms with Gasteiger partial charge in [-0.3, -0.25) is 10.0 Å². The van der Waals surface area contributed by atoms with Crippen molar-refractivity contribution < 1.29 is 49.9 Å². The number of amides is 1. The molecule has 0 aliphatic heterocycles. The third-order valence-electron chi connectivity index (χ3n) is 3.78. The molecule has 2 aromatic rings. The van der Waals surface area contributed by atoms with Crippen LogP contribution in [0.15, 0.2) is 36.4 Å². The number of hydrogen-bond donors (Lipinski definition) is 2. The van der Waals surface area contributed by atoms with E-state index >= 15 is 0 Å². The molecule has 0 saturated carbocycles. The first kappa shape index (κ1) is 22.4. The average Bonchev–Trinajstić information content (AvgIpc) is 2.63. The average molecular weight is 429 g/mol. The third-order valence-corrected chi connectivity index (χ3v) is 3.78. The van der Waals surface area contributed by atoms with Crippen molar-refractivity contribution in [2.24, 2.45) is 0 Å². The molecule has 0 bridgehead atoms. The van der Waals surface area contributed by atoms with Crippen LogP contribution in [0.2, 0.25) is 0 Å². The monoisotopic (exact) mass is 429 g/mol. The van der Waals surface area contributed by atoms with E-state index in [4.69, 9.17) is 9.94 Å². The topological polar surface area (TPSA) is 58.6 Å². The molecule has 0 aliphatic carbocycles. The highest BCUT2D eigenvalue weighted by Crippen LogP contribution is 2.51. The molecule has 0 atom stereocenters. The van der Waals surface area contributed by atoms with Crippen LogP contribution in [0.3, 0.4) is 0 Å². The Balaban J connectivity index is 2.32. The first-order valence-corrected chi connectivity index (χ1v) is 7.57. The lowest BCUT2D eigenvalue weighted by molar-refractivity contribution is -0.359. The number of nitrogens with one attached hydrogen (secondary N) is 1. The van der Waals surface area contributed by atoms with Crippen molar-refractivity contribution in [2.45, 2.75) is 24.9 Å². The molecule has 2 aromatic carbocycles. The van der Waals surface area contributed by atoms with Gasteiger partial charge in [-0.05, 0) is 48.9 Å². The van der Waals surface area contributed by atoms with Gasteiger partial charge in [0.15, 0.2) is 11.6 Å². The highest BCUT2D eigenvalue weighted by Gasteiger charge is 2.73. The number of carbonyl (C=O) groups is 1. The Morgan fingerprint density at radius 1 is 1.00 bits per heavy atom. The zero-order chi connectivity index (χ0) is 22.2. The number of halogens is 8. The molecule has 0 radical (unpaired) electrons. The Hall–Kier alpha value is -2.89. The molecule has 0 saturated heterocycles. The van der Waals surface area contributed by atoms with E-state index in [-0.39, 0.29) is 29.0 Å². The number of aryl methyl sites for hydroxylation is 1. The molecule has 29 heavy (non-hydrogen) atoms. The first-order valence-electron chi connectivity index (χ1n) is 7.57. The summed E-state index contributed by atoms with van der Waals surface area (Å²) in [7, 11) is 0. The SMILES string of the molecule is Cc1cc(C(=O)NO)cc(F)c1Oc1ccc(C(F)(F)C(F)(F)C(F)(F)F)cc1. The molecule has 158 valence electrons. The maximum absolute atomic E-state index is 14.1. The molecule has 4 nitrogen and oxygen atoms in total. The summed E-state index contributed by atoms with van der Waals surface area (Å²) < 4.78 is 109. The molecular formula is C17H11F8NO3. The van der Waals surface area contributed by atoms with Gasteiger partial charge in [0.1, 0.15) is 5.75 Å². The molecule has 0 fully saturated rings. The summed E-state index contributed by atoms with van der Waals surface area (Å²) in [6.07, 6.45) is -6.48. The maximum Gasteiger partial charge on any atom is 0.460 e. The Bertz CT molecular complexity index is 887. The highest BCUT2D eigenvalue weighted by molar-refractivity contribution is 5.93. The molecule has 0 aliphatic rings. The van der Waals surface area contributed by atoms with Crippen LogP contribution in [-0.2, 0) is 5.92 Å². The summed E-state index contributed by atoms with van der Waals surface area (Å²) in [5.41, 5.74) is -0.558. The van der Waals surface area contributed by atoms with Crippen molar-refractivity contribution in [3.05, 3.63) is 58.9 Å². The van der Waals surface area contributed by atoms with E-state index in [9.17, 15) is 39.9 Å². The van der Waals surface area contributed by atoms with E-state index in [1.807, 2.05) is 0 Å². The van der Waals surface area contributed by atoms with E-state index in [1.54, 1.807) is 0 Å². The fourth-order valence-electron chi connectivity index (χ4n) is 2.27. The van der Waals surface area contributed by atoms with Gasteiger partial charge in [0, 0.05) is 11.1 Å². The Morgan fingerprint density at radius 2 is 1.55 bits per heavy atom. The van der Waals surface area contributed by atoms with Crippen molar-refractivity contribution >= 4 is 5.91 Å². The largest absolute Gasteiger partial charge is 0.460 e. The second kappa shape index (κ2) is 7.50. The van der Waals surface area contributed by atoms with Crippen LogP contribution < -0.4 is 10.2 Å². The fourth-order valence-corrected chi connectivity index (χ4v) is 2.27. The van der Waals surface area contributed by atoms with Crippen molar-refractivity contribution in [2.75, 3.05) is 0 Å². The molecule has 0 aromatic heterocycles. The molecular weight excluding hydrogens is 418 g/mol. The van der Waals surface area contributed by atoms with Crippen molar-refractivity contribution in [1.29, 1.82) is 0 Å². The van der Waals surface area contributed by atoms with Gasteiger partial charge in [-0.15, -0.1) is 0 Å². The highest BCUT2D eigenvalue weighted by atomic mass is 19.4. The minimum atomic E-state index is -6.48. The second-order valence-electron chi connectivity index (χ2n) is 5.82. The molecule has 1 amide bonds. The fraction of sp³-hybridized carbons (Fsp3) is 0.235. The van der Waals surface area contributed by atoms with Crippen molar-refractivity contribution in [3.8, 4) is 11.5 Å². The maximum atomic E-state index is 14.1. The lowest BCUT2D eigenvalue weighted by Crippen LogP contribution is -2.49. The van der Waals surface area contributed by atoms with E-state index in [1.165, 1.54) is 12.4 Å². The number of benzene rings is 2. The quantitative estimate of drug-likeness (QED) is 0.384. The third kappa shape index (κ3) is 4.11. The predicted molar refractivity (Wildman–Crippen MR) is 81.8 cm³/mol. The van der Waals surface area contributed by atoms with Crippen LogP contribution in [-0.4, -0.2) is 23.2 Å². The second-order valence-corrected chi connectivity index (χ2v) is 5.82. The normalized spacial score (nSPS) is 12.6. The summed E-state index contributed by atoms with van der Waals surface area (Å²) in [4.78, 5) is 11.3. The van der Waals surface area contributed by atoms with Gasteiger partial charge in [0.05, 0.1) is 0 Å². The first-order chi connectivity index (χ1) is 13.2. The molecule has 12 heteroatoms. The van der Waals surface area contributed by atoms with E-state index in [0.29, 0.717) is 18.2 Å². The van der Waals surface area contributed by atoms with Crippen LogP contribution in [0.4, 0.5) is 35.1 Å². The Kier molecular flexibility index (Phi) is 5.79.